The predicted molar refractivity (Wildman–Crippen MR) is 113 cm³/mol. The smallest absolute Gasteiger partial charge is 0.294 e. The maximum Gasteiger partial charge on any atom is 0.294 e. The third-order valence-corrected chi connectivity index (χ3v) is 5.07. The minimum absolute atomic E-state index is 0.0225. The van der Waals surface area contributed by atoms with Crippen LogP contribution in [0.15, 0.2) is 17.0 Å². The van der Waals surface area contributed by atoms with Crippen LogP contribution in [0.3, 0.4) is 0 Å². The topological polar surface area (TPSA) is 84.9 Å². The summed E-state index contributed by atoms with van der Waals surface area (Å²) in [6.45, 7) is 2.22. The Hall–Kier alpha value is -2.63. The van der Waals surface area contributed by atoms with Crippen molar-refractivity contribution in [3.8, 4) is 23.8 Å². The van der Waals surface area contributed by atoms with Gasteiger partial charge in [0.2, 0.25) is 5.91 Å². The van der Waals surface area contributed by atoms with Gasteiger partial charge in [-0.25, -0.2) is 0 Å². The van der Waals surface area contributed by atoms with Crippen molar-refractivity contribution in [3.63, 3.8) is 0 Å². The Bertz CT molecular complexity index is 878. The lowest BCUT2D eigenvalue weighted by Crippen LogP contribution is -2.39. The Morgan fingerprint density at radius 1 is 1.41 bits per heavy atom. The van der Waals surface area contributed by atoms with Crippen LogP contribution in [0.1, 0.15) is 25.3 Å². The van der Waals surface area contributed by atoms with Crippen LogP contribution >= 0.6 is 23.4 Å². The molecule has 1 N–H and O–H groups in total. The van der Waals surface area contributed by atoms with Crippen molar-refractivity contribution in [1.82, 2.24) is 10.2 Å². The van der Waals surface area contributed by atoms with E-state index in [0.717, 1.165) is 29.5 Å². The van der Waals surface area contributed by atoms with Gasteiger partial charge < -0.3 is 14.8 Å². The van der Waals surface area contributed by atoms with Gasteiger partial charge in [0, 0.05) is 6.54 Å². The molecule has 1 fully saturated rings. The third-order valence-electron chi connectivity index (χ3n) is 3.88. The summed E-state index contributed by atoms with van der Waals surface area (Å²) in [6.07, 6.45) is 8.47. The molecule has 0 radical (unpaired) electrons. The minimum Gasteiger partial charge on any atom is -0.493 e. The van der Waals surface area contributed by atoms with Crippen molar-refractivity contribution in [1.29, 1.82) is 0 Å². The lowest BCUT2D eigenvalue weighted by atomic mass is 10.1. The molecule has 2 rings (SSSR count). The largest absolute Gasteiger partial charge is 0.493 e. The first-order chi connectivity index (χ1) is 13.9. The number of thioether (sulfide) groups is 1. The number of ether oxygens (including phenoxy) is 2. The Labute approximate surface area is 178 Å². The van der Waals surface area contributed by atoms with Gasteiger partial charge >= 0.3 is 0 Å². The number of nitrogens with one attached hydrogen (secondary N) is 1. The molecule has 154 valence electrons. The number of hydrogen-bond acceptors (Lipinski definition) is 6. The summed E-state index contributed by atoms with van der Waals surface area (Å²) in [5.74, 6) is 2.07. The van der Waals surface area contributed by atoms with Crippen LogP contribution in [0, 0.1) is 12.3 Å². The summed E-state index contributed by atoms with van der Waals surface area (Å²) < 4.78 is 10.6. The van der Waals surface area contributed by atoms with E-state index in [9.17, 15) is 14.4 Å². The van der Waals surface area contributed by atoms with E-state index in [-0.39, 0.29) is 29.0 Å². The van der Waals surface area contributed by atoms with Gasteiger partial charge in [-0.05, 0) is 42.0 Å². The van der Waals surface area contributed by atoms with Crippen molar-refractivity contribution < 1.29 is 23.9 Å². The first-order valence-corrected chi connectivity index (χ1v) is 10.1. The van der Waals surface area contributed by atoms with E-state index in [4.69, 9.17) is 27.5 Å². The molecule has 9 heteroatoms. The summed E-state index contributed by atoms with van der Waals surface area (Å²) in [5, 5.41) is 2.44. The molecule has 0 unspecified atom stereocenters. The van der Waals surface area contributed by atoms with Crippen molar-refractivity contribution in [3.05, 3.63) is 27.6 Å². The standard InChI is InChI=1S/C20H21ClN2O5S/c1-4-6-7-22-17(24)12-23-19(25)16(29-20(23)26)11-13-9-14(21)18(28-8-5-2)15(10-13)27-3/h2,9-11H,4,6-8,12H2,1,3H3,(H,22,24)/b16-11-. The zero-order chi connectivity index (χ0) is 21.4. The molecule has 0 atom stereocenters. The van der Waals surface area contributed by atoms with Crippen LogP contribution in [-0.2, 0) is 9.59 Å². The quantitative estimate of drug-likeness (QED) is 0.363. The van der Waals surface area contributed by atoms with E-state index in [2.05, 4.69) is 11.2 Å². The highest BCUT2D eigenvalue weighted by Gasteiger charge is 2.36. The molecular formula is C20H21ClN2O5S. The van der Waals surface area contributed by atoms with Crippen molar-refractivity contribution >= 4 is 46.5 Å². The molecule has 1 heterocycles. The molecule has 1 aliphatic rings. The van der Waals surface area contributed by atoms with E-state index in [1.54, 1.807) is 12.1 Å². The van der Waals surface area contributed by atoms with E-state index in [0.29, 0.717) is 23.6 Å². The first-order valence-electron chi connectivity index (χ1n) is 8.87. The highest BCUT2D eigenvalue weighted by atomic mass is 35.5. The second kappa shape index (κ2) is 10.8. The number of hydrogen-bond donors (Lipinski definition) is 1. The number of amides is 3. The Morgan fingerprint density at radius 2 is 2.17 bits per heavy atom. The molecule has 0 aliphatic carbocycles. The number of imide groups is 1. The van der Waals surface area contributed by atoms with E-state index in [1.165, 1.54) is 13.2 Å². The number of nitrogens with zero attached hydrogens (tertiary/aromatic N) is 1. The molecule has 29 heavy (non-hydrogen) atoms. The molecule has 7 nitrogen and oxygen atoms in total. The molecule has 1 aromatic carbocycles. The van der Waals surface area contributed by atoms with Crippen LogP contribution in [0.5, 0.6) is 11.5 Å². The van der Waals surface area contributed by atoms with Crippen LogP contribution in [0.2, 0.25) is 5.02 Å². The maximum absolute atomic E-state index is 12.6. The summed E-state index contributed by atoms with van der Waals surface area (Å²) in [5.41, 5.74) is 0.540. The molecule has 0 spiro atoms. The average Bonchev–Trinajstić information content (AvgIpc) is 2.94. The fourth-order valence-electron chi connectivity index (χ4n) is 2.47. The van der Waals surface area contributed by atoms with E-state index < -0.39 is 11.1 Å². The lowest BCUT2D eigenvalue weighted by molar-refractivity contribution is -0.129. The number of terminal acetylenes is 1. The molecule has 1 aromatic rings. The van der Waals surface area contributed by atoms with Gasteiger partial charge in [-0.3, -0.25) is 19.3 Å². The second-order valence-electron chi connectivity index (χ2n) is 6.00. The minimum atomic E-state index is -0.534. The van der Waals surface area contributed by atoms with Gasteiger partial charge in [0.15, 0.2) is 11.5 Å². The van der Waals surface area contributed by atoms with Crippen LogP contribution in [0.25, 0.3) is 6.08 Å². The Morgan fingerprint density at radius 3 is 2.83 bits per heavy atom. The molecule has 1 aliphatic heterocycles. The summed E-state index contributed by atoms with van der Waals surface area (Å²) in [4.78, 5) is 37.8. The molecule has 0 bridgehead atoms. The van der Waals surface area contributed by atoms with Crippen LogP contribution < -0.4 is 14.8 Å². The maximum atomic E-state index is 12.6. The molecule has 1 saturated heterocycles. The lowest BCUT2D eigenvalue weighted by Gasteiger charge is -2.12. The molecule has 3 amide bonds. The van der Waals surface area contributed by atoms with Gasteiger partial charge in [-0.15, -0.1) is 6.42 Å². The van der Waals surface area contributed by atoms with Crippen molar-refractivity contribution in [2.24, 2.45) is 0 Å². The first kappa shape index (κ1) is 22.7. The monoisotopic (exact) mass is 436 g/mol. The molecule has 0 saturated carbocycles. The number of halogens is 1. The van der Waals surface area contributed by atoms with Crippen LogP contribution in [-0.4, -0.2) is 48.8 Å². The fraction of sp³-hybridized carbons (Fsp3) is 0.350. The summed E-state index contributed by atoms with van der Waals surface area (Å²) >= 11 is 6.99. The number of carbonyl (C=O) groups excluding carboxylic acids is 3. The highest BCUT2D eigenvalue weighted by molar-refractivity contribution is 8.18. The van der Waals surface area contributed by atoms with Gasteiger partial charge in [-0.1, -0.05) is 30.9 Å². The second-order valence-corrected chi connectivity index (χ2v) is 7.40. The normalized spacial score (nSPS) is 14.8. The van der Waals surface area contributed by atoms with Crippen molar-refractivity contribution in [2.75, 3.05) is 26.8 Å². The third kappa shape index (κ3) is 5.92. The van der Waals surface area contributed by atoms with Crippen molar-refractivity contribution in [2.45, 2.75) is 19.8 Å². The number of methoxy groups -OCH3 is 1. The fourth-order valence-corrected chi connectivity index (χ4v) is 3.58. The van der Waals surface area contributed by atoms with Gasteiger partial charge in [0.1, 0.15) is 13.2 Å². The van der Waals surface area contributed by atoms with Gasteiger partial charge in [0.25, 0.3) is 11.1 Å². The molecule has 0 aromatic heterocycles. The summed E-state index contributed by atoms with van der Waals surface area (Å²) in [7, 11) is 1.45. The van der Waals surface area contributed by atoms with E-state index in [1.807, 2.05) is 6.92 Å². The molecular weight excluding hydrogens is 416 g/mol. The van der Waals surface area contributed by atoms with Gasteiger partial charge in [0.05, 0.1) is 17.0 Å². The van der Waals surface area contributed by atoms with E-state index >= 15 is 0 Å². The predicted octanol–water partition coefficient (Wildman–Crippen LogP) is 3.31. The Kier molecular flexibility index (Phi) is 8.43. The van der Waals surface area contributed by atoms with Gasteiger partial charge in [-0.2, -0.15) is 0 Å². The Balaban J connectivity index is 2.17. The number of rotatable bonds is 9. The average molecular weight is 437 g/mol. The zero-order valence-electron chi connectivity index (χ0n) is 16.1. The summed E-state index contributed by atoms with van der Waals surface area (Å²) in [6, 6.07) is 3.19. The van der Waals surface area contributed by atoms with Crippen LogP contribution in [0.4, 0.5) is 4.79 Å². The number of carbonyl (C=O) groups is 3. The number of benzene rings is 1. The SMILES string of the molecule is C#CCOc1c(Cl)cc(/C=C2\SC(=O)N(CC(=O)NCCCC)C2=O)cc1OC. The zero-order valence-corrected chi connectivity index (χ0v) is 17.7. The highest BCUT2D eigenvalue weighted by Crippen LogP contribution is 2.38. The number of unbranched alkanes of at least 4 members (excludes halogenated alkanes) is 1.